The van der Waals surface area contributed by atoms with Crippen LogP contribution in [0.25, 0.3) is 11.4 Å². The molecule has 0 aliphatic carbocycles. The van der Waals surface area contributed by atoms with Gasteiger partial charge in [0.2, 0.25) is 10.0 Å². The van der Waals surface area contributed by atoms with Gasteiger partial charge in [0.15, 0.2) is 5.82 Å². The molecule has 0 spiro atoms. The van der Waals surface area contributed by atoms with Crippen molar-refractivity contribution in [2.24, 2.45) is 0 Å². The molecule has 1 unspecified atom stereocenters. The first-order chi connectivity index (χ1) is 18.7. The van der Waals surface area contributed by atoms with Gasteiger partial charge in [-0.1, -0.05) is 59.6 Å². The summed E-state index contributed by atoms with van der Waals surface area (Å²) in [6.07, 6.45) is 1.17. The number of rotatable bonds is 8. The van der Waals surface area contributed by atoms with Crippen LogP contribution in [0, 0.1) is 0 Å². The highest BCUT2D eigenvalue weighted by molar-refractivity contribution is 9.10. The van der Waals surface area contributed by atoms with E-state index in [4.69, 9.17) is 4.74 Å². The minimum Gasteiger partial charge on any atom is -0.462 e. The van der Waals surface area contributed by atoms with Crippen LogP contribution in [0.15, 0.2) is 64.0 Å². The fourth-order valence-corrected chi connectivity index (χ4v) is 6.47. The Bertz CT molecular complexity index is 1450. The Kier molecular flexibility index (Phi) is 9.14. The molecule has 1 amide bonds. The Morgan fingerprint density at radius 3 is 2.33 bits per heavy atom. The second-order valence-corrected chi connectivity index (χ2v) is 12.0. The molecule has 1 saturated heterocycles. The number of nitrogens with zero attached hydrogens (tertiary/aromatic N) is 4. The van der Waals surface area contributed by atoms with Gasteiger partial charge in [-0.15, -0.1) is 0 Å². The fraction of sp³-hybridized carbons (Fsp3) is 0.357. The average Bonchev–Trinajstić information content (AvgIpc) is 2.93. The Morgan fingerprint density at radius 2 is 1.72 bits per heavy atom. The van der Waals surface area contributed by atoms with Crippen molar-refractivity contribution in [2.75, 3.05) is 26.2 Å². The predicted octanol–water partition coefficient (Wildman–Crippen LogP) is 4.57. The number of amides is 1. The van der Waals surface area contributed by atoms with Gasteiger partial charge in [0, 0.05) is 35.7 Å². The standard InChI is InChI=1S/C28H31BrN4O5S/c1-4-9-23-24(28(35)38-5-2)25(31-26(30-23)20-10-7-6-8-11-20)27(34)32-16-17-33(19(3)18-32)39(36,37)22-14-12-21(29)13-15-22/h6-8,10-15,19H,4-5,9,16-18H2,1-3H3. The van der Waals surface area contributed by atoms with Crippen LogP contribution < -0.4 is 0 Å². The Morgan fingerprint density at radius 1 is 1.03 bits per heavy atom. The molecule has 0 radical (unpaired) electrons. The van der Waals surface area contributed by atoms with E-state index in [2.05, 4.69) is 25.9 Å². The van der Waals surface area contributed by atoms with Gasteiger partial charge in [0.25, 0.3) is 5.91 Å². The first-order valence-corrected chi connectivity index (χ1v) is 15.1. The first-order valence-electron chi connectivity index (χ1n) is 12.9. The van der Waals surface area contributed by atoms with Gasteiger partial charge in [-0.25, -0.2) is 23.2 Å². The van der Waals surface area contributed by atoms with E-state index in [0.29, 0.717) is 24.4 Å². The summed E-state index contributed by atoms with van der Waals surface area (Å²) < 4.78 is 34.1. The number of carbonyl (C=O) groups excluding carboxylic acids is 2. The van der Waals surface area contributed by atoms with Crippen LogP contribution in [0.2, 0.25) is 0 Å². The third-order valence-corrected chi connectivity index (χ3v) is 9.02. The van der Waals surface area contributed by atoms with Crippen LogP contribution in [0.5, 0.6) is 0 Å². The maximum Gasteiger partial charge on any atom is 0.342 e. The summed E-state index contributed by atoms with van der Waals surface area (Å²) in [6.45, 7) is 5.97. The summed E-state index contributed by atoms with van der Waals surface area (Å²) in [7, 11) is -3.75. The second-order valence-electron chi connectivity index (χ2n) is 9.22. The number of benzene rings is 2. The van der Waals surface area contributed by atoms with Crippen molar-refractivity contribution in [2.45, 2.75) is 44.6 Å². The molecule has 3 aromatic rings. The predicted molar refractivity (Wildman–Crippen MR) is 151 cm³/mol. The van der Waals surface area contributed by atoms with E-state index in [9.17, 15) is 18.0 Å². The van der Waals surface area contributed by atoms with Gasteiger partial charge in [0.1, 0.15) is 11.3 Å². The zero-order chi connectivity index (χ0) is 28.2. The highest BCUT2D eigenvalue weighted by Crippen LogP contribution is 2.26. The Labute approximate surface area is 237 Å². The summed E-state index contributed by atoms with van der Waals surface area (Å²) >= 11 is 3.33. The molecule has 9 nitrogen and oxygen atoms in total. The number of esters is 1. The summed E-state index contributed by atoms with van der Waals surface area (Å²) in [4.78, 5) is 38.0. The third-order valence-electron chi connectivity index (χ3n) is 6.46. The molecule has 0 saturated carbocycles. The molecule has 0 N–H and O–H groups in total. The van der Waals surface area contributed by atoms with Gasteiger partial charge in [-0.2, -0.15) is 4.31 Å². The van der Waals surface area contributed by atoms with Crippen LogP contribution in [-0.4, -0.2) is 71.8 Å². The summed E-state index contributed by atoms with van der Waals surface area (Å²) in [6, 6.07) is 15.2. The van der Waals surface area contributed by atoms with Crippen LogP contribution in [0.1, 0.15) is 53.7 Å². The Balaban J connectivity index is 1.69. The largest absolute Gasteiger partial charge is 0.462 e. The van der Waals surface area contributed by atoms with E-state index in [1.54, 1.807) is 43.0 Å². The maximum absolute atomic E-state index is 13.9. The van der Waals surface area contributed by atoms with Gasteiger partial charge in [0.05, 0.1) is 17.2 Å². The lowest BCUT2D eigenvalue weighted by Gasteiger charge is -2.39. The van der Waals surface area contributed by atoms with Gasteiger partial charge in [-0.05, 0) is 44.5 Å². The topological polar surface area (TPSA) is 110 Å². The summed E-state index contributed by atoms with van der Waals surface area (Å²) in [5.74, 6) is -0.754. The smallest absolute Gasteiger partial charge is 0.342 e. The van der Waals surface area contributed by atoms with E-state index in [-0.39, 0.29) is 42.4 Å². The van der Waals surface area contributed by atoms with Crippen molar-refractivity contribution in [3.05, 3.63) is 76.0 Å². The van der Waals surface area contributed by atoms with Crippen molar-refractivity contribution in [1.82, 2.24) is 19.2 Å². The highest BCUT2D eigenvalue weighted by Gasteiger charge is 2.37. The number of aromatic nitrogens is 2. The molecule has 4 rings (SSSR count). The molecule has 2 heterocycles. The molecular formula is C28H31BrN4O5S. The van der Waals surface area contributed by atoms with Crippen molar-refractivity contribution < 1.29 is 22.7 Å². The fourth-order valence-electron chi connectivity index (χ4n) is 4.59. The summed E-state index contributed by atoms with van der Waals surface area (Å²) in [5.41, 5.74) is 1.22. The van der Waals surface area contributed by atoms with E-state index in [0.717, 1.165) is 10.0 Å². The molecule has 0 bridgehead atoms. The zero-order valence-electron chi connectivity index (χ0n) is 22.1. The molecule has 39 heavy (non-hydrogen) atoms. The zero-order valence-corrected chi connectivity index (χ0v) is 24.5. The summed E-state index contributed by atoms with van der Waals surface area (Å²) in [5, 5.41) is 0. The van der Waals surface area contributed by atoms with E-state index in [1.165, 1.54) is 4.31 Å². The van der Waals surface area contributed by atoms with Crippen LogP contribution in [-0.2, 0) is 21.2 Å². The minimum absolute atomic E-state index is 0.0258. The number of piperazine rings is 1. The Hall–Kier alpha value is -3.15. The molecule has 2 aromatic carbocycles. The van der Waals surface area contributed by atoms with Crippen LogP contribution in [0.4, 0.5) is 0 Å². The molecular weight excluding hydrogens is 584 g/mol. The maximum atomic E-state index is 13.9. The SMILES string of the molecule is CCCc1nc(-c2ccccc2)nc(C(=O)N2CCN(S(=O)(=O)c3ccc(Br)cc3)C(C)C2)c1C(=O)OCC. The number of aryl methyl sites for hydroxylation is 1. The van der Waals surface area contributed by atoms with Crippen molar-refractivity contribution in [3.8, 4) is 11.4 Å². The molecule has 1 fully saturated rings. The molecule has 1 atom stereocenters. The average molecular weight is 616 g/mol. The van der Waals surface area contributed by atoms with E-state index >= 15 is 0 Å². The van der Waals surface area contributed by atoms with Crippen LogP contribution in [0.3, 0.4) is 0 Å². The molecule has 206 valence electrons. The molecule has 1 aliphatic heterocycles. The number of carbonyl (C=O) groups is 2. The minimum atomic E-state index is -3.75. The first kappa shape index (κ1) is 28.8. The van der Waals surface area contributed by atoms with Gasteiger partial charge >= 0.3 is 5.97 Å². The van der Waals surface area contributed by atoms with Crippen LogP contribution >= 0.6 is 15.9 Å². The van der Waals surface area contributed by atoms with Crippen molar-refractivity contribution in [3.63, 3.8) is 0 Å². The molecule has 11 heteroatoms. The number of sulfonamides is 1. The number of hydrogen-bond acceptors (Lipinski definition) is 7. The normalized spacial score (nSPS) is 16.2. The van der Waals surface area contributed by atoms with Gasteiger partial charge in [-0.3, -0.25) is 4.79 Å². The lowest BCUT2D eigenvalue weighted by molar-refractivity contribution is 0.0508. The number of ether oxygens (including phenoxy) is 1. The lowest BCUT2D eigenvalue weighted by atomic mass is 10.0. The quantitative estimate of drug-likeness (QED) is 0.342. The number of hydrogen-bond donors (Lipinski definition) is 0. The number of halogens is 1. The monoisotopic (exact) mass is 614 g/mol. The lowest BCUT2D eigenvalue weighted by Crippen LogP contribution is -2.55. The van der Waals surface area contributed by atoms with Crippen molar-refractivity contribution in [1.29, 1.82) is 0 Å². The van der Waals surface area contributed by atoms with Crippen molar-refractivity contribution >= 4 is 37.8 Å². The third kappa shape index (κ3) is 6.21. The van der Waals surface area contributed by atoms with E-state index in [1.807, 2.05) is 37.3 Å². The van der Waals surface area contributed by atoms with Gasteiger partial charge < -0.3 is 9.64 Å². The van der Waals surface area contributed by atoms with E-state index < -0.39 is 27.9 Å². The molecule has 1 aromatic heterocycles. The second kappa shape index (κ2) is 12.4. The molecule has 1 aliphatic rings. The highest BCUT2D eigenvalue weighted by atomic mass is 79.9.